The van der Waals surface area contributed by atoms with Crippen LogP contribution in [0.4, 0.5) is 10.6 Å². The fourth-order valence-electron chi connectivity index (χ4n) is 3.37. The molecule has 0 bridgehead atoms. The van der Waals surface area contributed by atoms with Crippen LogP contribution in [0, 0.1) is 6.92 Å². The predicted molar refractivity (Wildman–Crippen MR) is 112 cm³/mol. The van der Waals surface area contributed by atoms with E-state index in [9.17, 15) is 9.59 Å². The molecule has 2 heterocycles. The number of ether oxygens (including phenoxy) is 1. The minimum Gasteiger partial charge on any atom is -0.450 e. The number of rotatable bonds is 6. The summed E-state index contributed by atoms with van der Waals surface area (Å²) < 4.78 is 5.05. The number of pyridine rings is 1. The van der Waals surface area contributed by atoms with Crippen molar-refractivity contribution >= 4 is 17.8 Å². The number of amides is 2. The van der Waals surface area contributed by atoms with E-state index in [0.717, 1.165) is 24.0 Å². The number of nitrogens with one attached hydrogen (secondary N) is 2. The number of benzene rings is 1. The van der Waals surface area contributed by atoms with Gasteiger partial charge in [0.2, 0.25) is 0 Å². The number of hydrogen-bond donors (Lipinski definition) is 2. The number of nitrogens with zero attached hydrogens (tertiary/aromatic N) is 2. The summed E-state index contributed by atoms with van der Waals surface area (Å²) in [5.41, 5.74) is 2.82. The molecule has 154 valence electrons. The van der Waals surface area contributed by atoms with Gasteiger partial charge in [-0.1, -0.05) is 24.3 Å². The molecule has 1 saturated heterocycles. The zero-order valence-electron chi connectivity index (χ0n) is 17.0. The van der Waals surface area contributed by atoms with E-state index in [-0.39, 0.29) is 18.0 Å². The molecule has 0 unspecified atom stereocenters. The number of anilines is 1. The van der Waals surface area contributed by atoms with Gasteiger partial charge in [0.25, 0.3) is 5.91 Å². The van der Waals surface area contributed by atoms with Crippen molar-refractivity contribution in [2.45, 2.75) is 39.3 Å². The van der Waals surface area contributed by atoms with E-state index in [1.807, 2.05) is 38.1 Å². The molecule has 0 atom stereocenters. The summed E-state index contributed by atoms with van der Waals surface area (Å²) in [6, 6.07) is 11.7. The molecule has 1 aromatic heterocycles. The second-order valence-corrected chi connectivity index (χ2v) is 7.14. The molecule has 3 rings (SSSR count). The smallest absolute Gasteiger partial charge is 0.409 e. The minimum absolute atomic E-state index is 0.129. The zero-order chi connectivity index (χ0) is 20.6. The standard InChI is InChI=1S/C22H28N4O3/c1-3-29-22(28)26-12-9-19(10-13-26)25-20-14-17(8-11-23-20)21(27)24-15-18-7-5-4-6-16(18)2/h4-8,11,14,19H,3,9-10,12-13,15H2,1-2H3,(H,23,25)(H,24,27). The average molecular weight is 396 g/mol. The molecule has 29 heavy (non-hydrogen) atoms. The summed E-state index contributed by atoms with van der Waals surface area (Å²) in [4.78, 5) is 30.4. The van der Waals surface area contributed by atoms with Crippen LogP contribution in [0.1, 0.15) is 41.3 Å². The van der Waals surface area contributed by atoms with Crippen molar-refractivity contribution in [2.24, 2.45) is 0 Å². The van der Waals surface area contributed by atoms with Crippen LogP contribution in [0.15, 0.2) is 42.6 Å². The van der Waals surface area contributed by atoms with Crippen LogP contribution >= 0.6 is 0 Å². The lowest BCUT2D eigenvalue weighted by atomic mass is 10.1. The van der Waals surface area contributed by atoms with Gasteiger partial charge in [-0.15, -0.1) is 0 Å². The number of hydrogen-bond acceptors (Lipinski definition) is 5. The van der Waals surface area contributed by atoms with Crippen LogP contribution in [-0.2, 0) is 11.3 Å². The van der Waals surface area contributed by atoms with E-state index in [0.29, 0.717) is 37.6 Å². The maximum atomic E-state index is 12.5. The summed E-state index contributed by atoms with van der Waals surface area (Å²) in [6.45, 7) is 6.01. The topological polar surface area (TPSA) is 83.6 Å². The zero-order valence-corrected chi connectivity index (χ0v) is 17.0. The first-order chi connectivity index (χ1) is 14.1. The molecule has 0 saturated carbocycles. The van der Waals surface area contributed by atoms with Gasteiger partial charge in [0.05, 0.1) is 6.61 Å². The number of likely N-dealkylation sites (tertiary alicyclic amines) is 1. The molecule has 2 N–H and O–H groups in total. The molecule has 7 nitrogen and oxygen atoms in total. The van der Waals surface area contributed by atoms with Gasteiger partial charge < -0.3 is 20.3 Å². The van der Waals surface area contributed by atoms with Crippen LogP contribution in [0.5, 0.6) is 0 Å². The van der Waals surface area contributed by atoms with Crippen molar-refractivity contribution in [3.63, 3.8) is 0 Å². The highest BCUT2D eigenvalue weighted by atomic mass is 16.6. The number of aryl methyl sites for hydroxylation is 1. The fourth-order valence-corrected chi connectivity index (χ4v) is 3.37. The van der Waals surface area contributed by atoms with Gasteiger partial charge in [-0.2, -0.15) is 0 Å². The van der Waals surface area contributed by atoms with E-state index in [1.165, 1.54) is 0 Å². The van der Waals surface area contributed by atoms with Gasteiger partial charge in [-0.3, -0.25) is 4.79 Å². The van der Waals surface area contributed by atoms with Gasteiger partial charge in [0, 0.05) is 37.4 Å². The third kappa shape index (κ3) is 5.70. The summed E-state index contributed by atoms with van der Waals surface area (Å²) in [5.74, 6) is 0.541. The van der Waals surface area contributed by atoms with Crippen LogP contribution in [0.25, 0.3) is 0 Å². The average Bonchev–Trinajstić information content (AvgIpc) is 2.74. The molecule has 2 amide bonds. The monoisotopic (exact) mass is 396 g/mol. The Balaban J connectivity index is 1.52. The van der Waals surface area contributed by atoms with Crippen molar-refractivity contribution < 1.29 is 14.3 Å². The molecule has 1 fully saturated rings. The number of carbonyl (C=O) groups excluding carboxylic acids is 2. The van der Waals surface area contributed by atoms with Crippen LogP contribution < -0.4 is 10.6 Å². The van der Waals surface area contributed by atoms with Gasteiger partial charge in [0.1, 0.15) is 5.82 Å². The lowest BCUT2D eigenvalue weighted by molar-refractivity contribution is 0.0948. The van der Waals surface area contributed by atoms with Gasteiger partial charge in [-0.25, -0.2) is 9.78 Å². The molecule has 1 aliphatic heterocycles. The Kier molecular flexibility index (Phi) is 7.05. The van der Waals surface area contributed by atoms with Gasteiger partial charge >= 0.3 is 6.09 Å². The molecule has 7 heteroatoms. The first-order valence-electron chi connectivity index (χ1n) is 10.0. The van der Waals surface area contributed by atoms with E-state index in [1.54, 1.807) is 23.2 Å². The lowest BCUT2D eigenvalue weighted by Gasteiger charge is -2.31. The molecule has 2 aromatic rings. The van der Waals surface area contributed by atoms with E-state index < -0.39 is 0 Å². The van der Waals surface area contributed by atoms with Crippen LogP contribution in [0.3, 0.4) is 0 Å². The molecule has 1 aromatic carbocycles. The van der Waals surface area contributed by atoms with Crippen molar-refractivity contribution in [3.05, 3.63) is 59.3 Å². The first kappa shape index (κ1) is 20.6. The van der Waals surface area contributed by atoms with Crippen molar-refractivity contribution in [2.75, 3.05) is 25.0 Å². The molecule has 1 aliphatic rings. The molecule has 0 aliphatic carbocycles. The number of aromatic nitrogens is 1. The third-order valence-electron chi connectivity index (χ3n) is 5.10. The third-order valence-corrected chi connectivity index (χ3v) is 5.10. The van der Waals surface area contributed by atoms with Crippen LogP contribution in [-0.4, -0.2) is 47.6 Å². The SMILES string of the molecule is CCOC(=O)N1CCC(Nc2cc(C(=O)NCc3ccccc3C)ccn2)CC1. The molecule has 0 spiro atoms. The Morgan fingerprint density at radius 2 is 1.97 bits per heavy atom. The summed E-state index contributed by atoms with van der Waals surface area (Å²) in [6.07, 6.45) is 3.00. The largest absolute Gasteiger partial charge is 0.450 e. The lowest BCUT2D eigenvalue weighted by Crippen LogP contribution is -2.42. The first-order valence-corrected chi connectivity index (χ1v) is 10.0. The van der Waals surface area contributed by atoms with Crippen molar-refractivity contribution in [1.29, 1.82) is 0 Å². The molecular formula is C22H28N4O3. The van der Waals surface area contributed by atoms with E-state index >= 15 is 0 Å². The van der Waals surface area contributed by atoms with E-state index in [2.05, 4.69) is 15.6 Å². The number of carbonyl (C=O) groups is 2. The Morgan fingerprint density at radius 3 is 2.69 bits per heavy atom. The summed E-state index contributed by atoms with van der Waals surface area (Å²) in [5, 5.41) is 6.35. The predicted octanol–water partition coefficient (Wildman–Crippen LogP) is 3.35. The Bertz CT molecular complexity index is 847. The maximum Gasteiger partial charge on any atom is 0.409 e. The van der Waals surface area contributed by atoms with Crippen molar-refractivity contribution in [3.8, 4) is 0 Å². The summed E-state index contributed by atoms with van der Waals surface area (Å²) >= 11 is 0. The second-order valence-electron chi connectivity index (χ2n) is 7.14. The highest BCUT2D eigenvalue weighted by Crippen LogP contribution is 2.17. The Labute approximate surface area is 171 Å². The Hall–Kier alpha value is -3.09. The minimum atomic E-state index is -0.253. The fraction of sp³-hybridized carbons (Fsp3) is 0.409. The van der Waals surface area contributed by atoms with Crippen LogP contribution in [0.2, 0.25) is 0 Å². The van der Waals surface area contributed by atoms with Gasteiger partial charge in [0.15, 0.2) is 0 Å². The maximum absolute atomic E-state index is 12.5. The summed E-state index contributed by atoms with van der Waals surface area (Å²) in [7, 11) is 0. The van der Waals surface area contributed by atoms with Gasteiger partial charge in [-0.05, 0) is 49.9 Å². The molecule has 0 radical (unpaired) electrons. The molecular weight excluding hydrogens is 368 g/mol. The van der Waals surface area contributed by atoms with E-state index in [4.69, 9.17) is 4.74 Å². The normalized spacial score (nSPS) is 14.3. The number of piperidine rings is 1. The second kappa shape index (κ2) is 9.91. The highest BCUT2D eigenvalue weighted by molar-refractivity contribution is 5.94. The quantitative estimate of drug-likeness (QED) is 0.782. The van der Waals surface area contributed by atoms with Crippen molar-refractivity contribution in [1.82, 2.24) is 15.2 Å². The highest BCUT2D eigenvalue weighted by Gasteiger charge is 2.23. The Morgan fingerprint density at radius 1 is 1.21 bits per heavy atom.